The van der Waals surface area contributed by atoms with E-state index in [2.05, 4.69) is 4.98 Å². The summed E-state index contributed by atoms with van der Waals surface area (Å²) in [4.78, 5) is 4.24. The molecule has 0 amide bonds. The van der Waals surface area contributed by atoms with Gasteiger partial charge in [-0.1, -0.05) is 19.1 Å². The Labute approximate surface area is 99.2 Å². The Morgan fingerprint density at radius 1 is 1.41 bits per heavy atom. The average molecular weight is 255 g/mol. The molecule has 1 unspecified atom stereocenters. The van der Waals surface area contributed by atoms with Crippen molar-refractivity contribution in [2.45, 2.75) is 13.3 Å². The van der Waals surface area contributed by atoms with E-state index in [0.717, 1.165) is 5.52 Å². The van der Waals surface area contributed by atoms with Gasteiger partial charge in [0.2, 0.25) is 0 Å². The summed E-state index contributed by atoms with van der Waals surface area (Å²) in [6.45, 7) is 1.72. The van der Waals surface area contributed by atoms with Crippen LogP contribution in [-0.2, 0) is 16.5 Å². The summed E-state index contributed by atoms with van der Waals surface area (Å²) in [7, 11) is -3.94. The van der Waals surface area contributed by atoms with Gasteiger partial charge >= 0.3 is 0 Å². The van der Waals surface area contributed by atoms with Gasteiger partial charge in [-0.15, -0.1) is 0 Å². The fourth-order valence-electron chi connectivity index (χ4n) is 1.72. The molecule has 92 valence electrons. The van der Waals surface area contributed by atoms with E-state index < -0.39 is 10.1 Å². The number of aromatic nitrogens is 1. The van der Waals surface area contributed by atoms with Crippen molar-refractivity contribution in [3.8, 4) is 0 Å². The van der Waals surface area contributed by atoms with Crippen LogP contribution in [0.15, 0.2) is 28.7 Å². The molecular weight excluding hydrogens is 242 g/mol. The van der Waals surface area contributed by atoms with Crippen LogP contribution in [0, 0.1) is 5.92 Å². The summed E-state index contributed by atoms with van der Waals surface area (Å²) in [6.07, 6.45) is 0.383. The highest BCUT2D eigenvalue weighted by molar-refractivity contribution is 7.85. The first kappa shape index (κ1) is 12.1. The third-order valence-electron chi connectivity index (χ3n) is 2.36. The largest absolute Gasteiger partial charge is 0.441 e. The van der Waals surface area contributed by atoms with Gasteiger partial charge in [0.15, 0.2) is 11.5 Å². The van der Waals surface area contributed by atoms with E-state index >= 15 is 0 Å². The van der Waals surface area contributed by atoms with Crippen LogP contribution in [-0.4, -0.2) is 23.7 Å². The molecule has 17 heavy (non-hydrogen) atoms. The molecule has 1 N–H and O–H groups in total. The van der Waals surface area contributed by atoms with Gasteiger partial charge in [-0.05, 0) is 18.1 Å². The average Bonchev–Trinajstić information content (AvgIpc) is 2.55. The lowest BCUT2D eigenvalue weighted by Gasteiger charge is -2.05. The second kappa shape index (κ2) is 4.46. The predicted octanol–water partition coefficient (Wildman–Crippen LogP) is 1.89. The molecule has 0 spiro atoms. The number of nitrogens with zero attached hydrogens (tertiary/aromatic N) is 1. The molecule has 1 aromatic heterocycles. The van der Waals surface area contributed by atoms with Gasteiger partial charge in [0.25, 0.3) is 10.1 Å². The first-order chi connectivity index (χ1) is 7.94. The smallest absolute Gasteiger partial charge is 0.265 e. The highest BCUT2D eigenvalue weighted by atomic mass is 32.2. The molecule has 0 radical (unpaired) electrons. The van der Waals surface area contributed by atoms with Crippen LogP contribution in [0.2, 0.25) is 0 Å². The Bertz CT molecular complexity index is 584. The van der Waals surface area contributed by atoms with Crippen molar-refractivity contribution >= 4 is 21.2 Å². The fraction of sp³-hybridized carbons (Fsp3) is 0.364. The van der Waals surface area contributed by atoms with Gasteiger partial charge < -0.3 is 4.42 Å². The SMILES string of the molecule is CC(Cc1nc2ccccc2o1)CS(=O)(=O)O. The zero-order valence-electron chi connectivity index (χ0n) is 9.33. The van der Waals surface area contributed by atoms with Crippen LogP contribution in [0.1, 0.15) is 12.8 Å². The number of hydrogen-bond acceptors (Lipinski definition) is 4. The van der Waals surface area contributed by atoms with Gasteiger partial charge in [-0.25, -0.2) is 4.98 Å². The first-order valence-electron chi connectivity index (χ1n) is 5.23. The van der Waals surface area contributed by atoms with E-state index in [1.165, 1.54) is 0 Å². The molecular formula is C11H13NO4S. The second-order valence-corrected chi connectivity index (χ2v) is 5.63. The molecule has 0 aliphatic heterocycles. The number of fused-ring (bicyclic) bond motifs is 1. The zero-order chi connectivity index (χ0) is 12.5. The Morgan fingerprint density at radius 3 is 2.76 bits per heavy atom. The van der Waals surface area contributed by atoms with Crippen LogP contribution < -0.4 is 0 Å². The highest BCUT2D eigenvalue weighted by Gasteiger charge is 2.15. The minimum Gasteiger partial charge on any atom is -0.441 e. The highest BCUT2D eigenvalue weighted by Crippen LogP contribution is 2.17. The number of hydrogen-bond donors (Lipinski definition) is 1. The molecule has 2 rings (SSSR count). The molecule has 0 aliphatic carbocycles. The van der Waals surface area contributed by atoms with E-state index in [1.54, 1.807) is 13.0 Å². The summed E-state index contributed by atoms with van der Waals surface area (Å²) in [5, 5.41) is 0. The molecule has 5 nitrogen and oxygen atoms in total. The first-order valence-corrected chi connectivity index (χ1v) is 6.84. The number of benzene rings is 1. The lowest BCUT2D eigenvalue weighted by Crippen LogP contribution is -2.14. The molecule has 0 bridgehead atoms. The number of para-hydroxylation sites is 2. The van der Waals surface area contributed by atoms with Crippen LogP contribution in [0.25, 0.3) is 11.1 Å². The van der Waals surface area contributed by atoms with Gasteiger partial charge in [0.1, 0.15) is 5.52 Å². The number of rotatable bonds is 4. The van der Waals surface area contributed by atoms with Crippen molar-refractivity contribution in [1.82, 2.24) is 4.98 Å². The Morgan fingerprint density at radius 2 is 2.12 bits per heavy atom. The second-order valence-electron chi connectivity index (χ2n) is 4.13. The molecule has 1 heterocycles. The molecule has 0 aliphatic rings. The van der Waals surface area contributed by atoms with E-state index in [9.17, 15) is 8.42 Å². The summed E-state index contributed by atoms with van der Waals surface area (Å²) in [6, 6.07) is 7.34. The fourth-order valence-corrected chi connectivity index (χ4v) is 2.56. The van der Waals surface area contributed by atoms with Gasteiger partial charge in [0, 0.05) is 6.42 Å². The van der Waals surface area contributed by atoms with E-state index in [-0.39, 0.29) is 11.7 Å². The normalized spacial score (nSPS) is 14.0. The maximum absolute atomic E-state index is 10.7. The maximum Gasteiger partial charge on any atom is 0.265 e. The maximum atomic E-state index is 10.7. The molecule has 6 heteroatoms. The lowest BCUT2D eigenvalue weighted by atomic mass is 10.1. The van der Waals surface area contributed by atoms with E-state index in [4.69, 9.17) is 8.97 Å². The van der Waals surface area contributed by atoms with E-state index in [1.807, 2.05) is 18.2 Å². The molecule has 0 saturated heterocycles. The van der Waals surface area contributed by atoms with E-state index in [0.29, 0.717) is 17.9 Å². The summed E-state index contributed by atoms with van der Waals surface area (Å²) in [5.41, 5.74) is 1.43. The third-order valence-corrected chi connectivity index (χ3v) is 3.35. The van der Waals surface area contributed by atoms with Crippen molar-refractivity contribution in [2.75, 3.05) is 5.75 Å². The number of oxazole rings is 1. The summed E-state index contributed by atoms with van der Waals surface area (Å²) in [5.74, 6) is -0.0356. The molecule has 0 saturated carbocycles. The van der Waals surface area contributed by atoms with Crippen LogP contribution in [0.5, 0.6) is 0 Å². The topological polar surface area (TPSA) is 80.4 Å². The Kier molecular flexibility index (Phi) is 3.17. The van der Waals surface area contributed by atoms with Gasteiger partial charge in [-0.3, -0.25) is 4.55 Å². The monoisotopic (exact) mass is 255 g/mol. The standard InChI is InChI=1S/C11H13NO4S/c1-8(7-17(13,14)15)6-11-12-9-4-2-3-5-10(9)16-11/h2-5,8H,6-7H2,1H3,(H,13,14,15). The van der Waals surface area contributed by atoms with Crippen molar-refractivity contribution in [3.05, 3.63) is 30.2 Å². The molecule has 1 atom stereocenters. The van der Waals surface area contributed by atoms with Crippen molar-refractivity contribution in [1.29, 1.82) is 0 Å². The van der Waals surface area contributed by atoms with Gasteiger partial charge in [0.05, 0.1) is 5.75 Å². The van der Waals surface area contributed by atoms with Crippen molar-refractivity contribution < 1.29 is 17.4 Å². The van der Waals surface area contributed by atoms with Crippen LogP contribution in [0.3, 0.4) is 0 Å². The molecule has 0 fully saturated rings. The zero-order valence-corrected chi connectivity index (χ0v) is 10.1. The summed E-state index contributed by atoms with van der Waals surface area (Å²) < 4.78 is 35.6. The van der Waals surface area contributed by atoms with Crippen molar-refractivity contribution in [2.24, 2.45) is 5.92 Å². The minimum atomic E-state index is -3.94. The Hall–Kier alpha value is -1.40. The van der Waals surface area contributed by atoms with Crippen LogP contribution >= 0.6 is 0 Å². The van der Waals surface area contributed by atoms with Crippen molar-refractivity contribution in [3.63, 3.8) is 0 Å². The Balaban J connectivity index is 2.13. The lowest BCUT2D eigenvalue weighted by molar-refractivity contribution is 0.450. The molecule has 2 aromatic rings. The minimum absolute atomic E-state index is 0.238. The third kappa shape index (κ3) is 3.28. The molecule has 1 aromatic carbocycles. The predicted molar refractivity (Wildman–Crippen MR) is 63.3 cm³/mol. The quantitative estimate of drug-likeness (QED) is 0.844. The van der Waals surface area contributed by atoms with Gasteiger partial charge in [-0.2, -0.15) is 8.42 Å². The van der Waals surface area contributed by atoms with Crippen LogP contribution in [0.4, 0.5) is 0 Å². The summed E-state index contributed by atoms with van der Waals surface area (Å²) >= 11 is 0.